The van der Waals surface area contributed by atoms with E-state index in [0.29, 0.717) is 34.0 Å². The molecule has 2 aromatic carbocycles. The molecular formula is C21H18FN3O3. The summed E-state index contributed by atoms with van der Waals surface area (Å²) in [5.74, 6) is 6.28. The Morgan fingerprint density at radius 3 is 2.64 bits per heavy atom. The summed E-state index contributed by atoms with van der Waals surface area (Å²) in [5, 5.41) is 9.57. The van der Waals surface area contributed by atoms with Gasteiger partial charge in [0.25, 0.3) is 5.91 Å². The average Bonchev–Trinajstić information content (AvgIpc) is 3.22. The third kappa shape index (κ3) is 4.48. The number of benzene rings is 2. The van der Waals surface area contributed by atoms with Crippen molar-refractivity contribution in [3.05, 3.63) is 65.6 Å². The number of nitrogens with zero attached hydrogens (tertiary/aromatic N) is 1. The van der Waals surface area contributed by atoms with Crippen molar-refractivity contribution < 1.29 is 18.7 Å². The van der Waals surface area contributed by atoms with Gasteiger partial charge in [0, 0.05) is 11.1 Å². The highest BCUT2D eigenvalue weighted by molar-refractivity contribution is 5.93. The van der Waals surface area contributed by atoms with Gasteiger partial charge < -0.3 is 14.8 Å². The van der Waals surface area contributed by atoms with Crippen LogP contribution in [0.4, 0.5) is 4.39 Å². The summed E-state index contributed by atoms with van der Waals surface area (Å²) in [6.45, 7) is 0.146. The Morgan fingerprint density at radius 1 is 1.14 bits per heavy atom. The fourth-order valence-corrected chi connectivity index (χ4v) is 2.49. The lowest BCUT2D eigenvalue weighted by atomic mass is 10.1. The predicted molar refractivity (Wildman–Crippen MR) is 103 cm³/mol. The number of hydrogen-bond acceptors (Lipinski definition) is 4. The van der Waals surface area contributed by atoms with E-state index >= 15 is 0 Å². The summed E-state index contributed by atoms with van der Waals surface area (Å²) in [7, 11) is 3.13. The van der Waals surface area contributed by atoms with Crippen LogP contribution < -0.4 is 14.8 Å². The van der Waals surface area contributed by atoms with E-state index in [9.17, 15) is 9.18 Å². The lowest BCUT2D eigenvalue weighted by Crippen LogP contribution is -2.23. The zero-order valence-corrected chi connectivity index (χ0v) is 15.4. The number of carbonyl (C=O) groups excluding carboxylic acids is 1. The molecule has 0 spiro atoms. The van der Waals surface area contributed by atoms with Crippen LogP contribution in [0.1, 0.15) is 16.1 Å². The lowest BCUT2D eigenvalue weighted by Gasteiger charge is -2.08. The molecule has 6 nitrogen and oxygen atoms in total. The van der Waals surface area contributed by atoms with Crippen LogP contribution in [-0.2, 0) is 0 Å². The lowest BCUT2D eigenvalue weighted by molar-refractivity contribution is 0.0953. The van der Waals surface area contributed by atoms with Crippen molar-refractivity contribution in [1.82, 2.24) is 15.5 Å². The van der Waals surface area contributed by atoms with Crippen LogP contribution in [-0.4, -0.2) is 36.9 Å². The Labute approximate surface area is 161 Å². The van der Waals surface area contributed by atoms with E-state index in [0.717, 1.165) is 0 Å². The second-order valence-electron chi connectivity index (χ2n) is 5.72. The van der Waals surface area contributed by atoms with Crippen LogP contribution in [0.15, 0.2) is 48.5 Å². The van der Waals surface area contributed by atoms with Gasteiger partial charge in [-0.05, 0) is 48.5 Å². The number of ether oxygens (including phenoxy) is 2. The first kappa shape index (κ1) is 19.0. The van der Waals surface area contributed by atoms with Gasteiger partial charge in [0.1, 0.15) is 23.0 Å². The van der Waals surface area contributed by atoms with Gasteiger partial charge in [0.05, 0.1) is 26.5 Å². The highest BCUT2D eigenvalue weighted by atomic mass is 19.1. The minimum absolute atomic E-state index is 0.146. The number of rotatable bonds is 5. The normalized spacial score (nSPS) is 9.96. The molecular weight excluding hydrogens is 361 g/mol. The molecule has 0 saturated heterocycles. The van der Waals surface area contributed by atoms with Crippen LogP contribution in [0.2, 0.25) is 0 Å². The third-order valence-electron chi connectivity index (χ3n) is 3.92. The van der Waals surface area contributed by atoms with Gasteiger partial charge in [0.15, 0.2) is 0 Å². The minimum Gasteiger partial charge on any atom is -0.497 e. The molecule has 1 aromatic heterocycles. The van der Waals surface area contributed by atoms with E-state index < -0.39 is 0 Å². The van der Waals surface area contributed by atoms with Gasteiger partial charge in [-0.25, -0.2) is 4.39 Å². The number of halogens is 1. The molecule has 0 aliphatic carbocycles. The number of amides is 1. The molecule has 7 heteroatoms. The zero-order valence-electron chi connectivity index (χ0n) is 15.4. The number of aromatic nitrogens is 2. The van der Waals surface area contributed by atoms with Crippen molar-refractivity contribution in [2.45, 2.75) is 0 Å². The summed E-state index contributed by atoms with van der Waals surface area (Å²) >= 11 is 0. The molecule has 28 heavy (non-hydrogen) atoms. The van der Waals surface area contributed by atoms with E-state index in [1.165, 1.54) is 12.1 Å². The molecule has 3 rings (SSSR count). The molecule has 0 radical (unpaired) electrons. The molecule has 0 bridgehead atoms. The summed E-state index contributed by atoms with van der Waals surface area (Å²) in [6, 6.07) is 12.8. The quantitative estimate of drug-likeness (QED) is 0.668. The van der Waals surface area contributed by atoms with Crippen LogP contribution in [0.5, 0.6) is 11.5 Å². The Morgan fingerprint density at radius 2 is 1.93 bits per heavy atom. The highest BCUT2D eigenvalue weighted by Gasteiger charge is 2.14. The second kappa shape index (κ2) is 8.73. The molecule has 142 valence electrons. The largest absolute Gasteiger partial charge is 0.497 e. The average molecular weight is 379 g/mol. The second-order valence-corrected chi connectivity index (χ2v) is 5.72. The van der Waals surface area contributed by atoms with E-state index in [-0.39, 0.29) is 18.3 Å². The van der Waals surface area contributed by atoms with Gasteiger partial charge >= 0.3 is 0 Å². The van der Waals surface area contributed by atoms with Crippen molar-refractivity contribution >= 4 is 5.91 Å². The molecule has 0 atom stereocenters. The van der Waals surface area contributed by atoms with Crippen molar-refractivity contribution in [2.75, 3.05) is 20.8 Å². The van der Waals surface area contributed by atoms with Gasteiger partial charge in [-0.1, -0.05) is 11.8 Å². The van der Waals surface area contributed by atoms with Crippen molar-refractivity contribution in [2.24, 2.45) is 0 Å². The SMILES string of the molecule is COc1ccc(OC)c(-c2cc(C(=O)NCC#Cc3ccc(F)cc3)[nH]n2)c1. The van der Waals surface area contributed by atoms with Crippen LogP contribution >= 0.6 is 0 Å². The summed E-state index contributed by atoms with van der Waals surface area (Å²) in [4.78, 5) is 12.3. The van der Waals surface area contributed by atoms with Crippen molar-refractivity contribution in [1.29, 1.82) is 0 Å². The van der Waals surface area contributed by atoms with Gasteiger partial charge in [-0.15, -0.1) is 0 Å². The predicted octanol–water partition coefficient (Wildman–Crippen LogP) is 3.01. The Hall–Kier alpha value is -3.79. The number of aromatic amines is 1. The molecule has 3 aromatic rings. The van der Waals surface area contributed by atoms with E-state index in [1.807, 2.05) is 0 Å². The smallest absolute Gasteiger partial charge is 0.270 e. The third-order valence-corrected chi connectivity index (χ3v) is 3.92. The zero-order chi connectivity index (χ0) is 19.9. The van der Waals surface area contributed by atoms with Gasteiger partial charge in [0.2, 0.25) is 0 Å². The molecule has 1 heterocycles. The molecule has 0 saturated carbocycles. The Kier molecular flexibility index (Phi) is 5.92. The van der Waals surface area contributed by atoms with Gasteiger partial charge in [-0.3, -0.25) is 9.89 Å². The Bertz CT molecular complexity index is 1030. The monoisotopic (exact) mass is 379 g/mol. The summed E-state index contributed by atoms with van der Waals surface area (Å²) < 4.78 is 23.4. The van der Waals surface area contributed by atoms with Crippen LogP contribution in [0, 0.1) is 17.7 Å². The summed E-state index contributed by atoms with van der Waals surface area (Å²) in [6.07, 6.45) is 0. The standard InChI is InChI=1S/C21H18FN3O3/c1-27-16-9-10-20(28-2)17(12-16)18-13-19(25-24-18)21(26)23-11-3-4-14-5-7-15(22)8-6-14/h5-10,12-13H,11H2,1-2H3,(H,23,26)(H,24,25). The Balaban J connectivity index is 1.67. The number of H-pyrrole nitrogens is 1. The van der Waals surface area contributed by atoms with Crippen LogP contribution in [0.25, 0.3) is 11.3 Å². The number of nitrogens with one attached hydrogen (secondary N) is 2. The first-order valence-corrected chi connectivity index (χ1v) is 8.41. The molecule has 2 N–H and O–H groups in total. The number of carbonyl (C=O) groups is 1. The fraction of sp³-hybridized carbons (Fsp3) is 0.143. The van der Waals surface area contributed by atoms with E-state index in [2.05, 4.69) is 27.4 Å². The maximum atomic E-state index is 12.9. The van der Waals surface area contributed by atoms with Crippen molar-refractivity contribution in [3.63, 3.8) is 0 Å². The topological polar surface area (TPSA) is 76.2 Å². The minimum atomic E-state index is -0.339. The van der Waals surface area contributed by atoms with Crippen molar-refractivity contribution in [3.8, 4) is 34.6 Å². The van der Waals surface area contributed by atoms with Crippen LogP contribution in [0.3, 0.4) is 0 Å². The molecule has 0 aliphatic rings. The van der Waals surface area contributed by atoms with E-state index in [4.69, 9.17) is 9.47 Å². The molecule has 0 aliphatic heterocycles. The molecule has 0 unspecified atom stereocenters. The van der Waals surface area contributed by atoms with Gasteiger partial charge in [-0.2, -0.15) is 5.10 Å². The summed E-state index contributed by atoms with van der Waals surface area (Å²) in [5.41, 5.74) is 2.22. The first-order chi connectivity index (χ1) is 13.6. The maximum absolute atomic E-state index is 12.9. The first-order valence-electron chi connectivity index (χ1n) is 8.41. The fourth-order valence-electron chi connectivity index (χ4n) is 2.49. The molecule has 1 amide bonds. The number of methoxy groups -OCH3 is 2. The highest BCUT2D eigenvalue weighted by Crippen LogP contribution is 2.32. The maximum Gasteiger partial charge on any atom is 0.270 e. The number of hydrogen-bond donors (Lipinski definition) is 2. The molecule has 0 fully saturated rings. The van der Waals surface area contributed by atoms with E-state index in [1.54, 1.807) is 50.6 Å².